The van der Waals surface area contributed by atoms with Crippen molar-refractivity contribution >= 4 is 11.2 Å². The van der Waals surface area contributed by atoms with Crippen molar-refractivity contribution in [1.82, 2.24) is 18.7 Å². The topological polar surface area (TPSA) is 85.6 Å². The van der Waals surface area contributed by atoms with Crippen LogP contribution in [-0.4, -0.2) is 18.7 Å². The second kappa shape index (κ2) is 8.67. The molecule has 0 amide bonds. The van der Waals surface area contributed by atoms with Gasteiger partial charge in [0, 0.05) is 27.1 Å². The summed E-state index contributed by atoms with van der Waals surface area (Å²) in [6.45, 7) is 2.59. The van der Waals surface area contributed by atoms with Gasteiger partial charge in [0.1, 0.15) is 5.82 Å². The smallest absolute Gasteiger partial charge is 0.318 e. The Balaban J connectivity index is 1.79. The van der Waals surface area contributed by atoms with E-state index in [1.54, 1.807) is 13.1 Å². The summed E-state index contributed by atoms with van der Waals surface area (Å²) in [5.41, 5.74) is 3.65. The van der Waals surface area contributed by atoms with Crippen molar-refractivity contribution in [3.63, 3.8) is 0 Å². The standard InChI is InChI=1S/C25H25N5O2/c1-4-5-10-21-27-23-22(24(31)29(3)25(32)28(23)2)30(21)16-17-11-13-18(14-12-17)20-9-7-6-8-19(20)15-26/h6-9,11-14H,4-5,10,16H2,1-3H3. The predicted octanol–water partition coefficient (Wildman–Crippen LogP) is 3.36. The number of hydrogen-bond donors (Lipinski definition) is 0. The number of imidazole rings is 1. The number of unbranched alkanes of at least 4 members (excludes halogenated alkanes) is 1. The molecule has 0 radical (unpaired) electrons. The van der Waals surface area contributed by atoms with E-state index in [1.807, 2.05) is 47.0 Å². The largest absolute Gasteiger partial charge is 0.332 e. The number of rotatable bonds is 6. The molecule has 7 heteroatoms. The third-order valence-electron chi connectivity index (χ3n) is 5.83. The minimum Gasteiger partial charge on any atom is -0.318 e. The van der Waals surface area contributed by atoms with Gasteiger partial charge >= 0.3 is 5.69 Å². The van der Waals surface area contributed by atoms with Crippen LogP contribution in [0.3, 0.4) is 0 Å². The molecule has 32 heavy (non-hydrogen) atoms. The van der Waals surface area contributed by atoms with Crippen LogP contribution in [0.15, 0.2) is 58.1 Å². The van der Waals surface area contributed by atoms with Crippen molar-refractivity contribution in [1.29, 1.82) is 5.26 Å². The van der Waals surface area contributed by atoms with Crippen molar-refractivity contribution in [3.8, 4) is 17.2 Å². The van der Waals surface area contributed by atoms with Crippen LogP contribution < -0.4 is 11.2 Å². The molecule has 0 aliphatic carbocycles. The lowest BCUT2D eigenvalue weighted by molar-refractivity contribution is 0.683. The van der Waals surface area contributed by atoms with Gasteiger partial charge in [0.2, 0.25) is 0 Å². The van der Waals surface area contributed by atoms with Crippen molar-refractivity contribution in [2.45, 2.75) is 32.7 Å². The van der Waals surface area contributed by atoms with E-state index in [-0.39, 0.29) is 11.2 Å². The fourth-order valence-electron chi connectivity index (χ4n) is 3.99. The van der Waals surface area contributed by atoms with E-state index in [2.05, 4.69) is 18.0 Å². The molecule has 2 aromatic heterocycles. The Hall–Kier alpha value is -3.92. The molecule has 0 N–H and O–H groups in total. The number of benzene rings is 2. The highest BCUT2D eigenvalue weighted by Crippen LogP contribution is 2.24. The molecule has 0 saturated carbocycles. The highest BCUT2D eigenvalue weighted by atomic mass is 16.2. The lowest BCUT2D eigenvalue weighted by Gasteiger charge is -2.11. The van der Waals surface area contributed by atoms with Crippen molar-refractivity contribution in [2.75, 3.05) is 0 Å². The maximum atomic E-state index is 13.0. The van der Waals surface area contributed by atoms with E-state index in [0.29, 0.717) is 23.3 Å². The third kappa shape index (κ3) is 3.65. The second-order valence-corrected chi connectivity index (χ2v) is 7.95. The molecule has 0 aliphatic rings. The fourth-order valence-corrected chi connectivity index (χ4v) is 3.99. The molecule has 4 aromatic rings. The van der Waals surface area contributed by atoms with E-state index < -0.39 is 0 Å². The number of aryl methyl sites for hydroxylation is 2. The Morgan fingerprint density at radius 1 is 1.00 bits per heavy atom. The third-order valence-corrected chi connectivity index (χ3v) is 5.83. The van der Waals surface area contributed by atoms with Crippen molar-refractivity contribution < 1.29 is 0 Å². The number of hydrogen-bond acceptors (Lipinski definition) is 4. The van der Waals surface area contributed by atoms with Crippen LogP contribution in [-0.2, 0) is 27.1 Å². The zero-order valence-electron chi connectivity index (χ0n) is 18.5. The second-order valence-electron chi connectivity index (χ2n) is 7.95. The summed E-state index contributed by atoms with van der Waals surface area (Å²) in [6, 6.07) is 17.7. The van der Waals surface area contributed by atoms with Crippen LogP contribution in [0.2, 0.25) is 0 Å². The van der Waals surface area contributed by atoms with Crippen LogP contribution in [0.1, 0.15) is 36.7 Å². The Kier molecular flexibility index (Phi) is 5.78. The van der Waals surface area contributed by atoms with Gasteiger partial charge in [-0.1, -0.05) is 55.8 Å². The summed E-state index contributed by atoms with van der Waals surface area (Å²) in [5, 5.41) is 9.38. The molecule has 2 heterocycles. The SMILES string of the molecule is CCCCc1nc2c(c(=O)n(C)c(=O)n2C)n1Cc1ccc(-c2ccccc2C#N)cc1. The van der Waals surface area contributed by atoms with Crippen molar-refractivity contribution in [2.24, 2.45) is 14.1 Å². The van der Waals surface area contributed by atoms with E-state index in [9.17, 15) is 14.9 Å². The minimum absolute atomic E-state index is 0.335. The minimum atomic E-state index is -0.380. The van der Waals surface area contributed by atoms with Gasteiger partial charge in [-0.05, 0) is 29.2 Å². The van der Waals surface area contributed by atoms with Gasteiger partial charge in [-0.2, -0.15) is 5.26 Å². The van der Waals surface area contributed by atoms with Gasteiger partial charge in [-0.3, -0.25) is 13.9 Å². The molecule has 0 atom stereocenters. The predicted molar refractivity (Wildman–Crippen MR) is 125 cm³/mol. The van der Waals surface area contributed by atoms with Gasteiger partial charge in [0.25, 0.3) is 5.56 Å². The lowest BCUT2D eigenvalue weighted by Crippen LogP contribution is -2.37. The van der Waals surface area contributed by atoms with Crippen molar-refractivity contribution in [3.05, 3.63) is 86.3 Å². The van der Waals surface area contributed by atoms with Crippen LogP contribution in [0, 0.1) is 11.3 Å². The molecule has 0 unspecified atom stereocenters. The summed E-state index contributed by atoms with van der Waals surface area (Å²) in [6.07, 6.45) is 2.69. The average molecular weight is 428 g/mol. The molecule has 0 fully saturated rings. The quantitative estimate of drug-likeness (QED) is 0.472. The number of nitriles is 1. The Labute approximate surface area is 185 Å². The fraction of sp³-hybridized carbons (Fsp3) is 0.280. The molecule has 0 saturated heterocycles. The molecule has 4 rings (SSSR count). The summed E-state index contributed by atoms with van der Waals surface area (Å²) < 4.78 is 4.50. The molecule has 0 spiro atoms. The van der Waals surface area contributed by atoms with Gasteiger partial charge in [-0.25, -0.2) is 9.78 Å². The lowest BCUT2D eigenvalue weighted by atomic mass is 9.99. The molecule has 0 aliphatic heterocycles. The maximum Gasteiger partial charge on any atom is 0.332 e. The Morgan fingerprint density at radius 2 is 1.72 bits per heavy atom. The average Bonchev–Trinajstić information content (AvgIpc) is 3.18. The highest BCUT2D eigenvalue weighted by molar-refractivity contribution is 5.72. The van der Waals surface area contributed by atoms with E-state index in [0.717, 1.165) is 46.3 Å². The van der Waals surface area contributed by atoms with Crippen LogP contribution in [0.25, 0.3) is 22.3 Å². The van der Waals surface area contributed by atoms with E-state index >= 15 is 0 Å². The van der Waals surface area contributed by atoms with Crippen LogP contribution in [0.5, 0.6) is 0 Å². The van der Waals surface area contributed by atoms with Gasteiger partial charge in [0.05, 0.1) is 11.6 Å². The maximum absolute atomic E-state index is 13.0. The first kappa shape index (κ1) is 21.3. The number of fused-ring (bicyclic) bond motifs is 1. The molecular formula is C25H25N5O2. The summed E-state index contributed by atoms with van der Waals surface area (Å²) in [5.74, 6) is 0.805. The normalized spacial score (nSPS) is 11.1. The first-order chi connectivity index (χ1) is 15.5. The highest BCUT2D eigenvalue weighted by Gasteiger charge is 2.19. The Morgan fingerprint density at radius 3 is 2.41 bits per heavy atom. The molecule has 7 nitrogen and oxygen atoms in total. The zero-order chi connectivity index (χ0) is 22.8. The monoisotopic (exact) mass is 427 g/mol. The van der Waals surface area contributed by atoms with Gasteiger partial charge in [0.15, 0.2) is 11.2 Å². The van der Waals surface area contributed by atoms with Gasteiger partial charge < -0.3 is 4.57 Å². The summed E-state index contributed by atoms with van der Waals surface area (Å²) >= 11 is 0. The first-order valence-corrected chi connectivity index (χ1v) is 10.7. The van der Waals surface area contributed by atoms with Crippen LogP contribution in [0.4, 0.5) is 0 Å². The molecular weight excluding hydrogens is 402 g/mol. The first-order valence-electron chi connectivity index (χ1n) is 10.7. The zero-order valence-corrected chi connectivity index (χ0v) is 18.5. The molecule has 2 aromatic carbocycles. The molecule has 162 valence electrons. The van der Waals surface area contributed by atoms with Crippen LogP contribution >= 0.6 is 0 Å². The summed E-state index contributed by atoms with van der Waals surface area (Å²) in [7, 11) is 3.14. The number of aromatic nitrogens is 4. The summed E-state index contributed by atoms with van der Waals surface area (Å²) in [4.78, 5) is 30.0. The molecule has 0 bridgehead atoms. The van der Waals surface area contributed by atoms with Gasteiger partial charge in [-0.15, -0.1) is 0 Å². The van der Waals surface area contributed by atoms with E-state index in [1.165, 1.54) is 11.6 Å². The Bertz CT molecular complexity index is 1450. The number of nitrogens with zero attached hydrogens (tertiary/aromatic N) is 5. The van der Waals surface area contributed by atoms with E-state index in [4.69, 9.17) is 0 Å².